The van der Waals surface area contributed by atoms with Gasteiger partial charge in [-0.25, -0.2) is 9.36 Å². The van der Waals surface area contributed by atoms with Crippen LogP contribution in [0.5, 0.6) is 0 Å². The van der Waals surface area contributed by atoms with E-state index in [1.807, 2.05) is 19.9 Å². The SMILES string of the molecule is CCOP(=O)(OCC)O[C@@H](Cc1ccccc1)C(=O)NC(CC(C)C)C(=O)O. The second kappa shape index (κ2) is 12.0. The number of carboxylic acid groups (broad SMARTS) is 1. The maximum absolute atomic E-state index is 12.8. The number of aliphatic carboxylic acids is 1. The summed E-state index contributed by atoms with van der Waals surface area (Å²) in [5.74, 6) is -1.76. The zero-order valence-corrected chi connectivity index (χ0v) is 17.7. The lowest BCUT2D eigenvalue weighted by atomic mass is 10.0. The van der Waals surface area contributed by atoms with Crippen molar-refractivity contribution in [2.24, 2.45) is 5.92 Å². The van der Waals surface area contributed by atoms with E-state index in [1.165, 1.54) is 0 Å². The second-order valence-corrected chi connectivity index (χ2v) is 8.22. The first-order valence-electron chi connectivity index (χ1n) is 9.35. The fourth-order valence-corrected chi connectivity index (χ4v) is 3.84. The number of amides is 1. The standard InChI is InChI=1S/C19H30NO7P/c1-5-25-28(24,26-6-2)27-17(13-15-10-8-7-9-11-15)18(21)20-16(19(22)23)12-14(3)4/h7-11,14,16-17H,5-6,12-13H2,1-4H3,(H,20,21)(H,22,23)/t16?,17-/m0/s1. The normalized spacial score (nSPS) is 13.9. The topological polar surface area (TPSA) is 111 Å². The second-order valence-electron chi connectivity index (χ2n) is 6.60. The highest BCUT2D eigenvalue weighted by Gasteiger charge is 2.35. The monoisotopic (exact) mass is 415 g/mol. The zero-order chi connectivity index (χ0) is 21.2. The van der Waals surface area contributed by atoms with Gasteiger partial charge < -0.3 is 10.4 Å². The predicted molar refractivity (Wildman–Crippen MR) is 105 cm³/mol. The molecule has 0 aliphatic carbocycles. The predicted octanol–water partition coefficient (Wildman–Crippen LogP) is 3.41. The van der Waals surface area contributed by atoms with E-state index < -0.39 is 31.8 Å². The van der Waals surface area contributed by atoms with Gasteiger partial charge in [0, 0.05) is 6.42 Å². The van der Waals surface area contributed by atoms with Crippen molar-refractivity contribution in [3.8, 4) is 0 Å². The van der Waals surface area contributed by atoms with E-state index in [0.717, 1.165) is 5.56 Å². The number of hydrogen-bond donors (Lipinski definition) is 2. The first kappa shape index (κ1) is 24.3. The summed E-state index contributed by atoms with van der Waals surface area (Å²) in [5, 5.41) is 11.9. The van der Waals surface area contributed by atoms with Crippen LogP contribution in [0.3, 0.4) is 0 Å². The lowest BCUT2D eigenvalue weighted by Crippen LogP contribution is -2.47. The largest absolute Gasteiger partial charge is 0.480 e. The maximum Gasteiger partial charge on any atom is 0.475 e. The smallest absolute Gasteiger partial charge is 0.475 e. The van der Waals surface area contributed by atoms with E-state index in [0.29, 0.717) is 0 Å². The van der Waals surface area contributed by atoms with Crippen molar-refractivity contribution in [1.29, 1.82) is 0 Å². The molecule has 158 valence electrons. The fraction of sp³-hybridized carbons (Fsp3) is 0.579. The van der Waals surface area contributed by atoms with E-state index in [2.05, 4.69) is 5.32 Å². The Morgan fingerprint density at radius 3 is 2.14 bits per heavy atom. The molecule has 0 fully saturated rings. The number of carboxylic acids is 1. The Morgan fingerprint density at radius 1 is 1.11 bits per heavy atom. The average molecular weight is 415 g/mol. The number of nitrogens with one attached hydrogen (secondary N) is 1. The van der Waals surface area contributed by atoms with Crippen LogP contribution in [0, 0.1) is 5.92 Å². The molecule has 8 nitrogen and oxygen atoms in total. The molecule has 1 aromatic rings. The Balaban J connectivity index is 3.05. The fourth-order valence-electron chi connectivity index (χ4n) is 2.53. The van der Waals surface area contributed by atoms with Gasteiger partial charge in [0.25, 0.3) is 5.91 Å². The van der Waals surface area contributed by atoms with E-state index in [4.69, 9.17) is 13.6 Å². The van der Waals surface area contributed by atoms with Gasteiger partial charge >= 0.3 is 13.8 Å². The molecule has 2 N–H and O–H groups in total. The van der Waals surface area contributed by atoms with Crippen LogP contribution in [-0.4, -0.2) is 42.3 Å². The molecule has 1 aromatic carbocycles. The summed E-state index contributed by atoms with van der Waals surface area (Å²) >= 11 is 0. The van der Waals surface area contributed by atoms with Gasteiger partial charge in [-0.3, -0.25) is 18.4 Å². The molecule has 1 unspecified atom stereocenters. The number of rotatable bonds is 13. The van der Waals surface area contributed by atoms with Gasteiger partial charge in [-0.1, -0.05) is 44.2 Å². The third-order valence-corrected chi connectivity index (χ3v) is 5.37. The van der Waals surface area contributed by atoms with Gasteiger partial charge in [0.2, 0.25) is 0 Å². The first-order valence-corrected chi connectivity index (χ1v) is 10.8. The minimum Gasteiger partial charge on any atom is -0.480 e. The van der Waals surface area contributed by atoms with Crippen LogP contribution in [0.2, 0.25) is 0 Å². The number of phosphoric acid groups is 1. The Bertz CT molecular complexity index is 656. The number of benzene rings is 1. The van der Waals surface area contributed by atoms with Crippen molar-refractivity contribution in [2.75, 3.05) is 13.2 Å². The van der Waals surface area contributed by atoms with Crippen molar-refractivity contribution < 1.29 is 32.8 Å². The molecule has 1 amide bonds. The van der Waals surface area contributed by atoms with E-state index in [-0.39, 0.29) is 32.0 Å². The lowest BCUT2D eigenvalue weighted by Gasteiger charge is -2.25. The van der Waals surface area contributed by atoms with Gasteiger partial charge in [0.15, 0.2) is 6.10 Å². The highest BCUT2D eigenvalue weighted by atomic mass is 31.2. The minimum absolute atomic E-state index is 0.0628. The summed E-state index contributed by atoms with van der Waals surface area (Å²) in [7, 11) is -3.97. The van der Waals surface area contributed by atoms with Gasteiger partial charge in [0.1, 0.15) is 6.04 Å². The Hall–Kier alpha value is -1.73. The number of carbonyl (C=O) groups excluding carboxylic acids is 1. The molecule has 0 aliphatic rings. The Kier molecular flexibility index (Phi) is 10.4. The van der Waals surface area contributed by atoms with Crippen LogP contribution in [0.4, 0.5) is 0 Å². The van der Waals surface area contributed by atoms with Gasteiger partial charge in [0.05, 0.1) is 13.2 Å². The third kappa shape index (κ3) is 8.52. The van der Waals surface area contributed by atoms with Crippen molar-refractivity contribution in [1.82, 2.24) is 5.32 Å². The number of carbonyl (C=O) groups is 2. The molecule has 1 rings (SSSR count). The van der Waals surface area contributed by atoms with Gasteiger partial charge in [-0.2, -0.15) is 0 Å². The minimum atomic E-state index is -3.97. The van der Waals surface area contributed by atoms with Crippen LogP contribution >= 0.6 is 7.82 Å². The van der Waals surface area contributed by atoms with E-state index >= 15 is 0 Å². The maximum atomic E-state index is 12.8. The molecule has 0 heterocycles. The molecule has 0 radical (unpaired) electrons. The number of hydrogen-bond acceptors (Lipinski definition) is 6. The summed E-state index contributed by atoms with van der Waals surface area (Å²) in [6.07, 6.45) is -0.890. The van der Waals surface area contributed by atoms with E-state index in [1.54, 1.807) is 38.1 Å². The highest BCUT2D eigenvalue weighted by Crippen LogP contribution is 2.50. The molecule has 0 aliphatic heterocycles. The van der Waals surface area contributed by atoms with E-state index in [9.17, 15) is 19.3 Å². The summed E-state index contributed by atoms with van der Waals surface area (Å²) in [6.45, 7) is 7.12. The first-order chi connectivity index (χ1) is 13.2. The molecule has 0 spiro atoms. The highest BCUT2D eigenvalue weighted by molar-refractivity contribution is 7.48. The molecule has 9 heteroatoms. The van der Waals surface area contributed by atoms with Gasteiger partial charge in [-0.05, 0) is 31.7 Å². The summed E-state index contributed by atoms with van der Waals surface area (Å²) in [5.41, 5.74) is 0.762. The van der Waals surface area contributed by atoms with Crippen LogP contribution in [0.1, 0.15) is 39.7 Å². The lowest BCUT2D eigenvalue weighted by molar-refractivity contribution is -0.143. The average Bonchev–Trinajstić information content (AvgIpc) is 2.61. The van der Waals surface area contributed by atoms with Crippen molar-refractivity contribution >= 4 is 19.7 Å². The van der Waals surface area contributed by atoms with Crippen LogP contribution in [0.25, 0.3) is 0 Å². The summed E-state index contributed by atoms with van der Waals surface area (Å²) < 4.78 is 28.5. The quantitative estimate of drug-likeness (QED) is 0.475. The Morgan fingerprint density at radius 2 is 1.68 bits per heavy atom. The molecule has 28 heavy (non-hydrogen) atoms. The summed E-state index contributed by atoms with van der Waals surface area (Å²) in [4.78, 5) is 24.3. The molecular weight excluding hydrogens is 385 g/mol. The van der Waals surface area contributed by atoms with Crippen LogP contribution < -0.4 is 5.32 Å². The molecular formula is C19H30NO7P. The van der Waals surface area contributed by atoms with Crippen LogP contribution in [0.15, 0.2) is 30.3 Å². The van der Waals surface area contributed by atoms with Gasteiger partial charge in [-0.15, -0.1) is 0 Å². The molecule has 0 aromatic heterocycles. The summed E-state index contributed by atoms with van der Waals surface area (Å²) in [6, 6.07) is 7.93. The van der Waals surface area contributed by atoms with Crippen molar-refractivity contribution in [3.05, 3.63) is 35.9 Å². The molecule has 0 saturated heterocycles. The zero-order valence-electron chi connectivity index (χ0n) is 16.8. The number of phosphoric ester groups is 1. The van der Waals surface area contributed by atoms with Crippen LogP contribution in [-0.2, 0) is 34.1 Å². The molecule has 0 bridgehead atoms. The Labute approximate surface area is 166 Å². The van der Waals surface area contributed by atoms with Crippen molar-refractivity contribution in [2.45, 2.75) is 52.7 Å². The third-order valence-electron chi connectivity index (χ3n) is 3.71. The molecule has 0 saturated carbocycles. The van der Waals surface area contributed by atoms with Crippen molar-refractivity contribution in [3.63, 3.8) is 0 Å². The molecule has 2 atom stereocenters.